The van der Waals surface area contributed by atoms with Gasteiger partial charge in [-0.15, -0.1) is 0 Å². The first-order valence-electron chi connectivity index (χ1n) is 6.41. The van der Waals surface area contributed by atoms with Crippen molar-refractivity contribution < 1.29 is 0 Å². The molecule has 0 N–H and O–H groups in total. The van der Waals surface area contributed by atoms with Gasteiger partial charge < -0.3 is 0 Å². The van der Waals surface area contributed by atoms with Gasteiger partial charge in [0, 0.05) is 23.2 Å². The second-order valence-corrected chi connectivity index (χ2v) is 5.96. The molecule has 2 nitrogen and oxygen atoms in total. The lowest BCUT2D eigenvalue weighted by Gasteiger charge is -2.25. The Hall–Kier alpha value is -1.70. The van der Waals surface area contributed by atoms with Gasteiger partial charge in [-0.05, 0) is 37.0 Å². The van der Waals surface area contributed by atoms with Crippen LogP contribution in [0.1, 0.15) is 30.5 Å². The Morgan fingerprint density at radius 1 is 1.17 bits per heavy atom. The van der Waals surface area contributed by atoms with Gasteiger partial charge in [0.1, 0.15) is 0 Å². The van der Waals surface area contributed by atoms with Crippen molar-refractivity contribution in [3.8, 4) is 0 Å². The zero-order chi connectivity index (χ0) is 12.9. The van der Waals surface area contributed by atoms with Crippen molar-refractivity contribution in [2.75, 3.05) is 0 Å². The molecule has 18 heavy (non-hydrogen) atoms. The lowest BCUT2D eigenvalue weighted by Crippen LogP contribution is -2.19. The molecule has 0 saturated heterocycles. The first-order chi connectivity index (χ1) is 8.48. The molecule has 0 fully saturated rings. The molecule has 1 aliphatic rings. The smallest absolute Gasteiger partial charge is 0.0963 e. The maximum Gasteiger partial charge on any atom is 0.0963 e. The van der Waals surface area contributed by atoms with Gasteiger partial charge in [-0.1, -0.05) is 26.0 Å². The normalized spacial score (nSPS) is 16.9. The molecule has 0 saturated carbocycles. The van der Waals surface area contributed by atoms with Crippen molar-refractivity contribution in [1.29, 1.82) is 0 Å². The number of aliphatic imine (C=N–C) groups is 1. The first kappa shape index (κ1) is 11.4. The fraction of sp³-hybridized carbons (Fsp3) is 0.375. The standard InChI is InChI=1S/C16H18N2/c1-10-8-17-15-13(11(10)2)6-5-12-7-16(3,4)9-18-14(12)15/h5-6,8-9H,7H2,1-4H3. The monoisotopic (exact) mass is 238 g/mol. The minimum atomic E-state index is 0.153. The molecule has 2 heterocycles. The van der Waals surface area contributed by atoms with E-state index in [2.05, 4.69) is 56.0 Å². The minimum absolute atomic E-state index is 0.153. The van der Waals surface area contributed by atoms with Crippen LogP contribution in [0.25, 0.3) is 10.9 Å². The van der Waals surface area contributed by atoms with Crippen molar-refractivity contribution in [3.63, 3.8) is 0 Å². The zero-order valence-corrected chi connectivity index (χ0v) is 11.4. The van der Waals surface area contributed by atoms with E-state index in [1.54, 1.807) is 0 Å². The molecule has 0 unspecified atom stereocenters. The van der Waals surface area contributed by atoms with Crippen LogP contribution in [0.3, 0.4) is 0 Å². The largest absolute Gasteiger partial charge is 0.258 e. The quantitative estimate of drug-likeness (QED) is 0.677. The van der Waals surface area contributed by atoms with E-state index < -0.39 is 0 Å². The molecule has 0 amide bonds. The Kier molecular flexibility index (Phi) is 2.31. The van der Waals surface area contributed by atoms with Crippen LogP contribution < -0.4 is 0 Å². The summed E-state index contributed by atoms with van der Waals surface area (Å²) in [7, 11) is 0. The summed E-state index contributed by atoms with van der Waals surface area (Å²) in [6.45, 7) is 8.70. The number of fused-ring (bicyclic) bond motifs is 3. The Morgan fingerprint density at radius 3 is 2.72 bits per heavy atom. The third-order valence-corrected chi connectivity index (χ3v) is 3.81. The third kappa shape index (κ3) is 1.64. The van der Waals surface area contributed by atoms with E-state index in [4.69, 9.17) is 0 Å². The average Bonchev–Trinajstić information content (AvgIpc) is 2.32. The summed E-state index contributed by atoms with van der Waals surface area (Å²) in [6, 6.07) is 4.41. The van der Waals surface area contributed by atoms with Crippen LogP contribution in [-0.4, -0.2) is 11.2 Å². The van der Waals surface area contributed by atoms with Crippen molar-refractivity contribution >= 4 is 22.8 Å². The van der Waals surface area contributed by atoms with E-state index in [1.165, 1.54) is 22.1 Å². The average molecular weight is 238 g/mol. The molecule has 1 aliphatic heterocycles. The van der Waals surface area contributed by atoms with Gasteiger partial charge in [-0.2, -0.15) is 0 Å². The lowest BCUT2D eigenvalue weighted by atomic mass is 9.83. The predicted octanol–water partition coefficient (Wildman–Crippen LogP) is 4.14. The van der Waals surface area contributed by atoms with Gasteiger partial charge in [0.05, 0.1) is 11.2 Å². The van der Waals surface area contributed by atoms with Crippen LogP contribution in [-0.2, 0) is 6.42 Å². The van der Waals surface area contributed by atoms with Crippen LogP contribution in [0, 0.1) is 19.3 Å². The molecule has 0 radical (unpaired) electrons. The van der Waals surface area contributed by atoms with Gasteiger partial charge in [-0.25, -0.2) is 0 Å². The molecule has 2 aromatic rings. The number of nitrogens with zero attached hydrogens (tertiary/aromatic N) is 2. The Labute approximate surface area is 108 Å². The second kappa shape index (κ2) is 3.64. The SMILES string of the molecule is Cc1cnc2c3c(ccc2c1C)CC(C)(C)C=N3. The number of pyridine rings is 1. The lowest BCUT2D eigenvalue weighted by molar-refractivity contribution is 0.527. The van der Waals surface area contributed by atoms with Crippen LogP contribution in [0.4, 0.5) is 5.69 Å². The Morgan fingerprint density at radius 2 is 1.94 bits per heavy atom. The summed E-state index contributed by atoms with van der Waals surface area (Å²) in [5.74, 6) is 0. The van der Waals surface area contributed by atoms with Crippen molar-refractivity contribution in [1.82, 2.24) is 4.98 Å². The van der Waals surface area contributed by atoms with E-state index >= 15 is 0 Å². The molecule has 0 bridgehead atoms. The van der Waals surface area contributed by atoms with E-state index in [1.807, 2.05) is 6.20 Å². The summed E-state index contributed by atoms with van der Waals surface area (Å²) in [5, 5.41) is 1.23. The molecule has 92 valence electrons. The molecular formula is C16H18N2. The number of benzene rings is 1. The van der Waals surface area contributed by atoms with E-state index in [0.29, 0.717) is 0 Å². The van der Waals surface area contributed by atoms with Crippen LogP contribution in [0.2, 0.25) is 0 Å². The van der Waals surface area contributed by atoms with Crippen LogP contribution in [0.5, 0.6) is 0 Å². The highest BCUT2D eigenvalue weighted by molar-refractivity contribution is 5.95. The highest BCUT2D eigenvalue weighted by Crippen LogP contribution is 2.37. The number of hydrogen-bond acceptors (Lipinski definition) is 2. The fourth-order valence-electron chi connectivity index (χ4n) is 2.59. The highest BCUT2D eigenvalue weighted by atomic mass is 14.8. The molecule has 0 spiro atoms. The number of rotatable bonds is 0. The van der Waals surface area contributed by atoms with Gasteiger partial charge in [0.25, 0.3) is 0 Å². The molecule has 1 aromatic carbocycles. The third-order valence-electron chi connectivity index (χ3n) is 3.81. The maximum absolute atomic E-state index is 4.66. The fourth-order valence-corrected chi connectivity index (χ4v) is 2.59. The molecule has 1 aromatic heterocycles. The van der Waals surface area contributed by atoms with Crippen LogP contribution in [0.15, 0.2) is 23.3 Å². The number of aryl methyl sites for hydroxylation is 2. The Bertz CT molecular complexity index is 666. The van der Waals surface area contributed by atoms with E-state index in [0.717, 1.165) is 17.6 Å². The summed E-state index contributed by atoms with van der Waals surface area (Å²) in [5.41, 5.74) is 6.12. The first-order valence-corrected chi connectivity index (χ1v) is 6.41. The van der Waals surface area contributed by atoms with Gasteiger partial charge >= 0.3 is 0 Å². The van der Waals surface area contributed by atoms with E-state index in [9.17, 15) is 0 Å². The Balaban J connectivity index is 2.32. The van der Waals surface area contributed by atoms with Crippen LogP contribution >= 0.6 is 0 Å². The number of aromatic nitrogens is 1. The highest BCUT2D eigenvalue weighted by Gasteiger charge is 2.23. The summed E-state index contributed by atoms with van der Waals surface area (Å²) >= 11 is 0. The molecule has 2 heteroatoms. The molecule has 3 rings (SSSR count). The molecule has 0 aliphatic carbocycles. The summed E-state index contributed by atoms with van der Waals surface area (Å²) < 4.78 is 0. The molecular weight excluding hydrogens is 220 g/mol. The van der Waals surface area contributed by atoms with Gasteiger partial charge in [0.15, 0.2) is 0 Å². The second-order valence-electron chi connectivity index (χ2n) is 5.96. The summed E-state index contributed by atoms with van der Waals surface area (Å²) in [4.78, 5) is 9.25. The van der Waals surface area contributed by atoms with Gasteiger partial charge in [-0.3, -0.25) is 9.98 Å². The molecule has 0 atom stereocenters. The maximum atomic E-state index is 4.66. The van der Waals surface area contributed by atoms with E-state index in [-0.39, 0.29) is 5.41 Å². The van der Waals surface area contributed by atoms with Crippen molar-refractivity contribution in [2.24, 2.45) is 10.4 Å². The summed E-state index contributed by atoms with van der Waals surface area (Å²) in [6.07, 6.45) is 5.05. The van der Waals surface area contributed by atoms with Crippen molar-refractivity contribution in [3.05, 3.63) is 35.0 Å². The topological polar surface area (TPSA) is 25.2 Å². The van der Waals surface area contributed by atoms with Gasteiger partial charge in [0.2, 0.25) is 0 Å². The minimum Gasteiger partial charge on any atom is -0.258 e. The number of hydrogen-bond donors (Lipinski definition) is 0. The zero-order valence-electron chi connectivity index (χ0n) is 11.4. The predicted molar refractivity (Wildman–Crippen MR) is 76.9 cm³/mol. The van der Waals surface area contributed by atoms with Crippen molar-refractivity contribution in [2.45, 2.75) is 34.1 Å².